The number of hydrogen-bond acceptors (Lipinski definition) is 5. The number of carboxylic acids is 1. The average molecular weight is 439 g/mol. The number of aromatic nitrogens is 1. The molecule has 0 saturated carbocycles. The van der Waals surface area contributed by atoms with Crippen LogP contribution in [0.25, 0.3) is 0 Å². The van der Waals surface area contributed by atoms with Gasteiger partial charge >= 0.3 is 5.97 Å². The first-order valence-corrected chi connectivity index (χ1v) is 10.5. The molecule has 0 unspecified atom stereocenters. The zero-order valence-electron chi connectivity index (χ0n) is 16.8. The number of aryl methyl sites for hydroxylation is 1. The number of hydrogen-bond donors (Lipinski definition) is 3. The van der Waals surface area contributed by atoms with Crippen molar-refractivity contribution < 1.29 is 19.7 Å². The van der Waals surface area contributed by atoms with Crippen molar-refractivity contribution >= 4 is 17.6 Å². The second-order valence-electron chi connectivity index (χ2n) is 7.64. The molecule has 160 valence electrons. The van der Waals surface area contributed by atoms with Gasteiger partial charge < -0.3 is 20.3 Å². The molecule has 0 bridgehead atoms. The smallest absolute Gasteiger partial charge is 0.337 e. The van der Waals surface area contributed by atoms with Gasteiger partial charge in [-0.3, -0.25) is 0 Å². The predicted octanol–water partition coefficient (Wildman–Crippen LogP) is 4.41. The topological polar surface area (TPSA) is 91.7 Å². The molecule has 3 aromatic rings. The van der Waals surface area contributed by atoms with E-state index in [2.05, 4.69) is 16.4 Å². The molecule has 2 atom stereocenters. The Kier molecular flexibility index (Phi) is 6.51. The third kappa shape index (κ3) is 5.41. The number of aliphatic hydroxyl groups is 1. The van der Waals surface area contributed by atoms with Crippen LogP contribution in [0.1, 0.15) is 39.6 Å². The Hall–Kier alpha value is -2.93. The van der Waals surface area contributed by atoms with Crippen LogP contribution in [0.5, 0.6) is 11.6 Å². The van der Waals surface area contributed by atoms with E-state index in [4.69, 9.17) is 21.4 Å². The number of rotatable bonds is 7. The third-order valence-electron chi connectivity index (χ3n) is 5.47. The van der Waals surface area contributed by atoms with Gasteiger partial charge in [-0.1, -0.05) is 29.8 Å². The van der Waals surface area contributed by atoms with Crippen molar-refractivity contribution in [1.82, 2.24) is 10.3 Å². The summed E-state index contributed by atoms with van der Waals surface area (Å²) in [7, 11) is 0. The van der Waals surface area contributed by atoms with Crippen molar-refractivity contribution in [3.05, 3.63) is 88.1 Å². The van der Waals surface area contributed by atoms with Crippen molar-refractivity contribution in [2.75, 3.05) is 6.54 Å². The molecule has 6 nitrogen and oxygen atoms in total. The summed E-state index contributed by atoms with van der Waals surface area (Å²) >= 11 is 5.91. The fraction of sp³-hybridized carbons (Fsp3) is 0.250. The van der Waals surface area contributed by atoms with E-state index in [1.165, 1.54) is 23.4 Å². The molecule has 0 amide bonds. The first kappa shape index (κ1) is 21.3. The van der Waals surface area contributed by atoms with E-state index < -0.39 is 12.1 Å². The fourth-order valence-corrected chi connectivity index (χ4v) is 3.87. The first-order chi connectivity index (χ1) is 15.0. The van der Waals surface area contributed by atoms with Crippen LogP contribution >= 0.6 is 11.6 Å². The Morgan fingerprint density at radius 3 is 2.68 bits per heavy atom. The zero-order chi connectivity index (χ0) is 21.8. The third-order valence-corrected chi connectivity index (χ3v) is 5.72. The molecule has 0 aliphatic heterocycles. The maximum atomic E-state index is 10.9. The molecular weight excluding hydrogens is 416 g/mol. The minimum atomic E-state index is -1.02. The van der Waals surface area contributed by atoms with Crippen LogP contribution in [0.3, 0.4) is 0 Å². The molecule has 1 heterocycles. The summed E-state index contributed by atoms with van der Waals surface area (Å²) in [5.74, 6) is -0.00903. The van der Waals surface area contributed by atoms with Crippen LogP contribution in [0.15, 0.2) is 60.8 Å². The summed E-state index contributed by atoms with van der Waals surface area (Å²) in [5.41, 5.74) is 3.44. The summed E-state index contributed by atoms with van der Waals surface area (Å²) in [4.78, 5) is 15.0. The number of halogens is 1. The Balaban J connectivity index is 1.36. The molecular formula is C24H23ClN2O4. The number of benzene rings is 2. The van der Waals surface area contributed by atoms with Crippen LogP contribution in [0.4, 0.5) is 0 Å². The number of aliphatic hydroxyl groups excluding tert-OH is 1. The van der Waals surface area contributed by atoms with Gasteiger partial charge in [0.05, 0.1) is 11.7 Å². The summed E-state index contributed by atoms with van der Waals surface area (Å²) in [5, 5.41) is 23.5. The van der Waals surface area contributed by atoms with Crippen LogP contribution in [-0.4, -0.2) is 33.8 Å². The largest absolute Gasteiger partial charge is 0.478 e. The molecule has 1 aliphatic carbocycles. The fourth-order valence-electron chi connectivity index (χ4n) is 3.74. The predicted molar refractivity (Wildman–Crippen MR) is 118 cm³/mol. The number of nitrogens with one attached hydrogen (secondary N) is 1. The SMILES string of the molecule is O=C(O)c1ccc(Oc2ccc3c(c2)C[C@@H](NC[C@@H](O)c2ccc(Cl)cc2)CC3)nc1. The van der Waals surface area contributed by atoms with E-state index in [0.29, 0.717) is 23.2 Å². The molecule has 1 aliphatic rings. The molecule has 4 rings (SSSR count). The Bertz CT molecular complexity index is 1050. The highest BCUT2D eigenvalue weighted by Crippen LogP contribution is 2.28. The van der Waals surface area contributed by atoms with Gasteiger partial charge in [0, 0.05) is 29.9 Å². The maximum Gasteiger partial charge on any atom is 0.337 e. The standard InChI is InChI=1S/C24H23ClN2O4/c25-19-6-1-16(2-7-19)22(28)14-26-20-8-3-15-4-9-21(12-18(15)11-20)31-23-10-5-17(13-27-23)24(29)30/h1-2,4-7,9-10,12-13,20,22,26,28H,3,8,11,14H2,(H,29,30)/t20-,22+/m0/s1. The van der Waals surface area contributed by atoms with Crippen molar-refractivity contribution in [2.24, 2.45) is 0 Å². The lowest BCUT2D eigenvalue weighted by molar-refractivity contribution is 0.0696. The summed E-state index contributed by atoms with van der Waals surface area (Å²) in [6.45, 7) is 0.470. The van der Waals surface area contributed by atoms with E-state index in [-0.39, 0.29) is 11.6 Å². The first-order valence-electron chi connectivity index (χ1n) is 10.1. The Labute approximate surface area is 185 Å². The van der Waals surface area contributed by atoms with E-state index in [9.17, 15) is 9.90 Å². The molecule has 0 fully saturated rings. The number of carboxylic acid groups (broad SMARTS) is 1. The lowest BCUT2D eigenvalue weighted by atomic mass is 9.88. The zero-order valence-corrected chi connectivity index (χ0v) is 17.5. The molecule has 0 spiro atoms. The number of fused-ring (bicyclic) bond motifs is 1. The highest BCUT2D eigenvalue weighted by atomic mass is 35.5. The minimum absolute atomic E-state index is 0.118. The normalized spacial score (nSPS) is 16.4. The van der Waals surface area contributed by atoms with Gasteiger partial charge in [0.2, 0.25) is 5.88 Å². The van der Waals surface area contributed by atoms with Crippen LogP contribution in [-0.2, 0) is 12.8 Å². The van der Waals surface area contributed by atoms with E-state index in [1.807, 2.05) is 24.3 Å². The van der Waals surface area contributed by atoms with Gasteiger partial charge in [0.15, 0.2) is 0 Å². The number of ether oxygens (including phenoxy) is 1. The molecule has 0 saturated heterocycles. The number of aromatic carboxylic acids is 1. The quantitative estimate of drug-likeness (QED) is 0.506. The number of nitrogens with zero attached hydrogens (tertiary/aromatic N) is 1. The Morgan fingerprint density at radius 2 is 1.97 bits per heavy atom. The summed E-state index contributed by atoms with van der Waals surface area (Å²) < 4.78 is 5.80. The summed E-state index contributed by atoms with van der Waals surface area (Å²) in [6.07, 6.45) is 3.48. The second kappa shape index (κ2) is 9.47. The van der Waals surface area contributed by atoms with E-state index in [0.717, 1.165) is 24.8 Å². The van der Waals surface area contributed by atoms with E-state index >= 15 is 0 Å². The summed E-state index contributed by atoms with van der Waals surface area (Å²) in [6, 6.07) is 16.5. The van der Waals surface area contributed by atoms with Gasteiger partial charge in [-0.15, -0.1) is 0 Å². The van der Waals surface area contributed by atoms with Gasteiger partial charge in [-0.05, 0) is 66.3 Å². The van der Waals surface area contributed by atoms with Gasteiger partial charge in [-0.2, -0.15) is 0 Å². The highest BCUT2D eigenvalue weighted by molar-refractivity contribution is 6.30. The lowest BCUT2D eigenvalue weighted by Gasteiger charge is -2.27. The van der Waals surface area contributed by atoms with Crippen molar-refractivity contribution in [1.29, 1.82) is 0 Å². The molecule has 3 N–H and O–H groups in total. The number of carbonyl (C=O) groups is 1. The van der Waals surface area contributed by atoms with Crippen LogP contribution in [0, 0.1) is 0 Å². The minimum Gasteiger partial charge on any atom is -0.478 e. The van der Waals surface area contributed by atoms with Gasteiger partial charge in [-0.25, -0.2) is 9.78 Å². The maximum absolute atomic E-state index is 10.9. The van der Waals surface area contributed by atoms with Crippen molar-refractivity contribution in [2.45, 2.75) is 31.4 Å². The molecule has 1 aromatic heterocycles. The van der Waals surface area contributed by atoms with Crippen LogP contribution in [0.2, 0.25) is 5.02 Å². The average Bonchev–Trinajstić information content (AvgIpc) is 2.78. The monoisotopic (exact) mass is 438 g/mol. The molecule has 2 aromatic carbocycles. The van der Waals surface area contributed by atoms with Gasteiger partial charge in [0.1, 0.15) is 5.75 Å². The van der Waals surface area contributed by atoms with Crippen LogP contribution < -0.4 is 10.1 Å². The molecule has 31 heavy (non-hydrogen) atoms. The second-order valence-corrected chi connectivity index (χ2v) is 8.07. The lowest BCUT2D eigenvalue weighted by Crippen LogP contribution is -2.37. The number of pyridine rings is 1. The highest BCUT2D eigenvalue weighted by Gasteiger charge is 2.20. The van der Waals surface area contributed by atoms with Crippen molar-refractivity contribution in [3.63, 3.8) is 0 Å². The molecule has 7 heteroatoms. The Morgan fingerprint density at radius 1 is 1.16 bits per heavy atom. The van der Waals surface area contributed by atoms with Gasteiger partial charge in [0.25, 0.3) is 0 Å². The molecule has 0 radical (unpaired) electrons. The van der Waals surface area contributed by atoms with Crippen molar-refractivity contribution in [3.8, 4) is 11.6 Å². The van der Waals surface area contributed by atoms with E-state index in [1.54, 1.807) is 18.2 Å².